The van der Waals surface area contributed by atoms with E-state index in [9.17, 15) is 4.79 Å². The highest BCUT2D eigenvalue weighted by Crippen LogP contribution is 2.32. The van der Waals surface area contributed by atoms with E-state index in [1.54, 1.807) is 14.2 Å². The first-order chi connectivity index (χ1) is 23.9. The molecule has 3 rings (SSSR count). The molecule has 274 valence electrons. The number of ether oxygens (including phenoxy) is 2. The van der Waals surface area contributed by atoms with Crippen molar-refractivity contribution in [2.75, 3.05) is 52.0 Å². The molecule has 0 aliphatic carbocycles. The number of nitrogen functional groups attached to an aromatic ring is 1. The second-order valence-corrected chi connectivity index (χ2v) is 13.3. The van der Waals surface area contributed by atoms with E-state index in [4.69, 9.17) is 20.3 Å². The van der Waals surface area contributed by atoms with Crippen LogP contribution in [0.5, 0.6) is 11.5 Å². The van der Waals surface area contributed by atoms with Crippen LogP contribution in [0.15, 0.2) is 18.3 Å². The number of rotatable bonds is 27. The molecule has 0 atom stereocenters. The van der Waals surface area contributed by atoms with Gasteiger partial charge in [-0.15, -0.1) is 0 Å². The number of amides is 1. The number of anilines is 2. The zero-order valence-corrected chi connectivity index (χ0v) is 31.1. The number of carbonyl (C=O) groups excluding carboxylic acids is 1. The molecular formula is C38H64N8O3. The van der Waals surface area contributed by atoms with E-state index in [1.165, 1.54) is 57.8 Å². The molecule has 0 aliphatic heterocycles. The third-order valence-corrected chi connectivity index (χ3v) is 8.99. The molecule has 4 N–H and O–H groups in total. The van der Waals surface area contributed by atoms with E-state index in [0.717, 1.165) is 87.3 Å². The molecule has 0 aliphatic rings. The second-order valence-electron chi connectivity index (χ2n) is 13.3. The second kappa shape index (κ2) is 22.9. The molecule has 49 heavy (non-hydrogen) atoms. The van der Waals surface area contributed by atoms with Crippen LogP contribution in [0.1, 0.15) is 128 Å². The molecule has 11 nitrogen and oxygen atoms in total. The van der Waals surface area contributed by atoms with Gasteiger partial charge in [-0.3, -0.25) is 9.48 Å². The number of carbonyl (C=O) groups is 1. The molecule has 0 saturated carbocycles. The van der Waals surface area contributed by atoms with Crippen molar-refractivity contribution in [3.63, 3.8) is 0 Å². The van der Waals surface area contributed by atoms with Gasteiger partial charge in [0.1, 0.15) is 17.0 Å². The molecule has 0 radical (unpaired) electrons. The lowest BCUT2D eigenvalue weighted by molar-refractivity contribution is -0.121. The summed E-state index contributed by atoms with van der Waals surface area (Å²) in [6.45, 7) is 8.07. The Morgan fingerprint density at radius 2 is 1.47 bits per heavy atom. The van der Waals surface area contributed by atoms with Gasteiger partial charge < -0.3 is 30.7 Å². The van der Waals surface area contributed by atoms with Crippen LogP contribution in [0, 0.1) is 0 Å². The fourth-order valence-electron chi connectivity index (χ4n) is 6.18. The molecule has 3 aromatic rings. The van der Waals surface area contributed by atoms with Crippen molar-refractivity contribution in [2.45, 2.75) is 130 Å². The standard InChI is InChI=1S/C38H64N8O3/c1-6-8-10-11-12-13-14-15-16-17-18-21-35(47)40-23-19-20-24-45(3)27-30-25-33(48-4)31(34(26-30)49-5)28-46-29-32-36(44-46)37(41-22-9-7-2)43-38(39)42-32/h25-26,29H,6-24,27-28H2,1-5H3,(H,40,47)(H3,39,41,42,43). The normalized spacial score (nSPS) is 11.4. The first-order valence-electron chi connectivity index (χ1n) is 18.8. The maximum Gasteiger partial charge on any atom is 0.222 e. The van der Waals surface area contributed by atoms with Gasteiger partial charge >= 0.3 is 0 Å². The SMILES string of the molecule is CCCCCCCCCCCCCC(=O)NCCCCN(C)Cc1cc(OC)c(Cn2cc3nc(N)nc(NCCCC)c3n2)c(OC)c1. The predicted octanol–water partition coefficient (Wildman–Crippen LogP) is 7.72. The van der Waals surface area contributed by atoms with Crippen LogP contribution in [0.2, 0.25) is 0 Å². The Labute approximate surface area is 295 Å². The quantitative estimate of drug-likeness (QED) is 0.0693. The molecule has 1 aromatic carbocycles. The average Bonchev–Trinajstić information content (AvgIpc) is 3.49. The van der Waals surface area contributed by atoms with Crippen LogP contribution in [0.25, 0.3) is 11.0 Å². The van der Waals surface area contributed by atoms with Crippen molar-refractivity contribution in [3.8, 4) is 11.5 Å². The van der Waals surface area contributed by atoms with Gasteiger partial charge in [0.2, 0.25) is 11.9 Å². The van der Waals surface area contributed by atoms with Gasteiger partial charge in [0.25, 0.3) is 0 Å². The van der Waals surface area contributed by atoms with Crippen LogP contribution < -0.4 is 25.8 Å². The summed E-state index contributed by atoms with van der Waals surface area (Å²) in [5, 5.41) is 11.2. The lowest BCUT2D eigenvalue weighted by Crippen LogP contribution is -2.25. The first-order valence-corrected chi connectivity index (χ1v) is 18.8. The lowest BCUT2D eigenvalue weighted by atomic mass is 10.1. The molecule has 11 heteroatoms. The average molecular weight is 681 g/mol. The van der Waals surface area contributed by atoms with E-state index in [0.29, 0.717) is 29.8 Å². The Morgan fingerprint density at radius 3 is 2.10 bits per heavy atom. The summed E-state index contributed by atoms with van der Waals surface area (Å²) in [5.74, 6) is 2.54. The number of nitrogens with zero attached hydrogens (tertiary/aromatic N) is 5. The van der Waals surface area contributed by atoms with Crippen molar-refractivity contribution in [1.29, 1.82) is 0 Å². The van der Waals surface area contributed by atoms with Gasteiger partial charge in [0.05, 0.1) is 32.5 Å². The number of hydrogen-bond acceptors (Lipinski definition) is 9. The minimum absolute atomic E-state index is 0.188. The van der Waals surface area contributed by atoms with Crippen LogP contribution in [-0.4, -0.2) is 71.5 Å². The minimum atomic E-state index is 0.188. The predicted molar refractivity (Wildman–Crippen MR) is 201 cm³/mol. The summed E-state index contributed by atoms with van der Waals surface area (Å²) < 4.78 is 13.5. The van der Waals surface area contributed by atoms with Crippen molar-refractivity contribution in [3.05, 3.63) is 29.5 Å². The molecule has 2 aromatic heterocycles. The Balaban J connectivity index is 1.39. The number of unbranched alkanes of at least 4 members (excludes halogenated alkanes) is 12. The number of nitrogens with one attached hydrogen (secondary N) is 2. The largest absolute Gasteiger partial charge is 0.496 e. The molecule has 0 fully saturated rings. The van der Waals surface area contributed by atoms with Crippen molar-refractivity contribution in [2.24, 2.45) is 0 Å². The van der Waals surface area contributed by atoms with Crippen molar-refractivity contribution >= 4 is 28.7 Å². The maximum absolute atomic E-state index is 12.3. The number of hydrogen-bond donors (Lipinski definition) is 3. The van der Waals surface area contributed by atoms with Gasteiger partial charge in [-0.2, -0.15) is 10.1 Å². The summed E-state index contributed by atoms with van der Waals surface area (Å²) >= 11 is 0. The van der Waals surface area contributed by atoms with Crippen molar-refractivity contribution in [1.82, 2.24) is 30.0 Å². The molecule has 0 bridgehead atoms. The lowest BCUT2D eigenvalue weighted by Gasteiger charge is -2.20. The Bertz CT molecular complexity index is 1350. The molecule has 1 amide bonds. The fourth-order valence-corrected chi connectivity index (χ4v) is 6.18. The van der Waals surface area contributed by atoms with E-state index in [1.807, 2.05) is 10.9 Å². The Kier molecular flexibility index (Phi) is 18.6. The van der Waals surface area contributed by atoms with Gasteiger partial charge in [0, 0.05) is 26.1 Å². The monoisotopic (exact) mass is 681 g/mol. The van der Waals surface area contributed by atoms with E-state index < -0.39 is 0 Å². The Hall–Kier alpha value is -3.60. The highest BCUT2D eigenvalue weighted by Gasteiger charge is 2.17. The number of benzene rings is 1. The number of nitrogens with two attached hydrogens (primary N) is 1. The summed E-state index contributed by atoms with van der Waals surface area (Å²) in [6.07, 6.45) is 20.9. The molecule has 0 saturated heterocycles. The summed E-state index contributed by atoms with van der Waals surface area (Å²) in [7, 11) is 5.48. The zero-order chi connectivity index (χ0) is 35.3. The Morgan fingerprint density at radius 1 is 0.837 bits per heavy atom. The third-order valence-electron chi connectivity index (χ3n) is 8.99. The summed E-state index contributed by atoms with van der Waals surface area (Å²) in [6, 6.07) is 4.14. The van der Waals surface area contributed by atoms with Crippen molar-refractivity contribution < 1.29 is 14.3 Å². The van der Waals surface area contributed by atoms with E-state index in [2.05, 4.69) is 58.5 Å². The number of fused-ring (bicyclic) bond motifs is 1. The zero-order valence-electron chi connectivity index (χ0n) is 31.1. The first kappa shape index (κ1) is 39.8. The van der Waals surface area contributed by atoms with Crippen LogP contribution in [-0.2, 0) is 17.9 Å². The highest BCUT2D eigenvalue weighted by atomic mass is 16.5. The third kappa shape index (κ3) is 14.4. The van der Waals surface area contributed by atoms with Crippen LogP contribution in [0.3, 0.4) is 0 Å². The van der Waals surface area contributed by atoms with Crippen LogP contribution >= 0.6 is 0 Å². The summed E-state index contributed by atoms with van der Waals surface area (Å²) in [4.78, 5) is 23.3. The minimum Gasteiger partial charge on any atom is -0.496 e. The molecule has 0 unspecified atom stereocenters. The highest BCUT2D eigenvalue weighted by molar-refractivity contribution is 5.85. The number of aromatic nitrogens is 4. The molecular weight excluding hydrogens is 616 g/mol. The van der Waals surface area contributed by atoms with Gasteiger partial charge in [-0.1, -0.05) is 84.5 Å². The van der Waals surface area contributed by atoms with Gasteiger partial charge in [-0.25, -0.2) is 4.98 Å². The maximum atomic E-state index is 12.3. The van der Waals surface area contributed by atoms with Gasteiger partial charge in [0.15, 0.2) is 11.3 Å². The fraction of sp³-hybridized carbons (Fsp3) is 0.684. The number of methoxy groups -OCH3 is 2. The molecule has 2 heterocycles. The van der Waals surface area contributed by atoms with E-state index in [-0.39, 0.29) is 11.9 Å². The van der Waals surface area contributed by atoms with E-state index >= 15 is 0 Å². The topological polar surface area (TPSA) is 132 Å². The smallest absolute Gasteiger partial charge is 0.222 e. The van der Waals surface area contributed by atoms with Crippen LogP contribution in [0.4, 0.5) is 11.8 Å². The molecule has 0 spiro atoms. The summed E-state index contributed by atoms with van der Waals surface area (Å²) in [5.41, 5.74) is 9.36. The van der Waals surface area contributed by atoms with Gasteiger partial charge in [-0.05, 0) is 57.0 Å².